The predicted molar refractivity (Wildman–Crippen MR) is 64.6 cm³/mol. The highest BCUT2D eigenvalue weighted by atomic mass is 16.5. The van der Waals surface area contributed by atoms with E-state index in [0.717, 1.165) is 19.5 Å². The van der Waals surface area contributed by atoms with Gasteiger partial charge in [-0.3, -0.25) is 0 Å². The lowest BCUT2D eigenvalue weighted by Crippen LogP contribution is -2.38. The molecule has 1 heterocycles. The Kier molecular flexibility index (Phi) is 6.45. The van der Waals surface area contributed by atoms with E-state index in [0.29, 0.717) is 25.7 Å². The zero-order chi connectivity index (χ0) is 12.5. The quantitative estimate of drug-likeness (QED) is 0.537. The number of urea groups is 1. The molecule has 96 valence electrons. The Morgan fingerprint density at radius 1 is 1.59 bits per heavy atom. The number of rotatable bonds is 6. The van der Waals surface area contributed by atoms with E-state index in [1.54, 1.807) is 12.0 Å². The van der Waals surface area contributed by atoms with Crippen molar-refractivity contribution >= 4 is 6.03 Å². The van der Waals surface area contributed by atoms with Gasteiger partial charge in [0, 0.05) is 26.1 Å². The summed E-state index contributed by atoms with van der Waals surface area (Å²) in [7, 11) is 1.65. The second-order valence-corrected chi connectivity index (χ2v) is 4.03. The maximum atomic E-state index is 11.6. The molecule has 2 amide bonds. The van der Waals surface area contributed by atoms with E-state index >= 15 is 0 Å². The molecule has 0 radical (unpaired) electrons. The van der Waals surface area contributed by atoms with Crippen molar-refractivity contribution in [2.75, 3.05) is 46.6 Å². The van der Waals surface area contributed by atoms with Crippen LogP contribution in [0.25, 0.3) is 0 Å². The predicted octanol–water partition coefficient (Wildman–Crippen LogP) is 0.314. The molecule has 1 fully saturated rings. The molecule has 5 nitrogen and oxygen atoms in total. The Balaban J connectivity index is 2.14. The van der Waals surface area contributed by atoms with Crippen molar-refractivity contribution in [2.24, 2.45) is 5.92 Å². The van der Waals surface area contributed by atoms with E-state index in [-0.39, 0.29) is 12.6 Å². The van der Waals surface area contributed by atoms with Crippen molar-refractivity contribution in [1.29, 1.82) is 0 Å². The molecule has 0 spiro atoms. The fourth-order valence-corrected chi connectivity index (χ4v) is 1.78. The number of hydrogen-bond acceptors (Lipinski definition) is 3. The van der Waals surface area contributed by atoms with Crippen LogP contribution >= 0.6 is 0 Å². The minimum atomic E-state index is -0.0812. The summed E-state index contributed by atoms with van der Waals surface area (Å²) in [5, 5.41) is 2.66. The SMILES string of the molecule is C#CCNC(=O)N1CC[C@H](COCCOC)C1. The lowest BCUT2D eigenvalue weighted by Gasteiger charge is -2.16. The smallest absolute Gasteiger partial charge is 0.318 e. The van der Waals surface area contributed by atoms with E-state index in [1.165, 1.54) is 0 Å². The highest BCUT2D eigenvalue weighted by molar-refractivity contribution is 5.74. The fourth-order valence-electron chi connectivity index (χ4n) is 1.78. The van der Waals surface area contributed by atoms with Gasteiger partial charge >= 0.3 is 6.03 Å². The van der Waals surface area contributed by atoms with Gasteiger partial charge in [-0.2, -0.15) is 0 Å². The molecule has 0 aromatic carbocycles. The molecule has 0 unspecified atom stereocenters. The van der Waals surface area contributed by atoms with Gasteiger partial charge in [-0.15, -0.1) is 6.42 Å². The molecule has 1 atom stereocenters. The molecular weight excluding hydrogens is 220 g/mol. The van der Waals surface area contributed by atoms with Gasteiger partial charge in [-0.05, 0) is 6.42 Å². The molecule has 0 saturated carbocycles. The fraction of sp³-hybridized carbons (Fsp3) is 0.750. The molecular formula is C12H20N2O3. The van der Waals surface area contributed by atoms with Crippen LogP contribution in [0, 0.1) is 18.3 Å². The number of ether oxygens (including phenoxy) is 2. The first-order chi connectivity index (χ1) is 8.27. The first kappa shape index (κ1) is 13.8. The van der Waals surface area contributed by atoms with Gasteiger partial charge in [0.05, 0.1) is 26.4 Å². The average molecular weight is 240 g/mol. The van der Waals surface area contributed by atoms with E-state index in [4.69, 9.17) is 15.9 Å². The van der Waals surface area contributed by atoms with Crippen molar-refractivity contribution in [3.05, 3.63) is 0 Å². The summed E-state index contributed by atoms with van der Waals surface area (Å²) < 4.78 is 10.3. The Hall–Kier alpha value is -1.25. The number of terminal acetylenes is 1. The summed E-state index contributed by atoms with van der Waals surface area (Å²) in [6, 6.07) is -0.0812. The third-order valence-electron chi connectivity index (χ3n) is 2.70. The minimum absolute atomic E-state index is 0.0812. The second-order valence-electron chi connectivity index (χ2n) is 4.03. The van der Waals surface area contributed by atoms with Crippen LogP contribution < -0.4 is 5.32 Å². The molecule has 1 aliphatic heterocycles. The van der Waals surface area contributed by atoms with E-state index in [1.807, 2.05) is 0 Å². The largest absolute Gasteiger partial charge is 0.382 e. The number of nitrogens with zero attached hydrogens (tertiary/aromatic N) is 1. The van der Waals surface area contributed by atoms with E-state index < -0.39 is 0 Å². The number of likely N-dealkylation sites (tertiary alicyclic amines) is 1. The third-order valence-corrected chi connectivity index (χ3v) is 2.70. The monoisotopic (exact) mass is 240 g/mol. The maximum absolute atomic E-state index is 11.6. The van der Waals surface area contributed by atoms with Crippen LogP contribution in [0.15, 0.2) is 0 Å². The summed E-state index contributed by atoms with van der Waals surface area (Å²) >= 11 is 0. The number of hydrogen-bond donors (Lipinski definition) is 1. The molecule has 17 heavy (non-hydrogen) atoms. The van der Waals surface area contributed by atoms with Crippen LogP contribution in [0.1, 0.15) is 6.42 Å². The van der Waals surface area contributed by atoms with Crippen LogP contribution in [-0.2, 0) is 9.47 Å². The normalized spacial score (nSPS) is 19.1. The minimum Gasteiger partial charge on any atom is -0.382 e. The number of nitrogens with one attached hydrogen (secondary N) is 1. The highest BCUT2D eigenvalue weighted by Crippen LogP contribution is 2.16. The molecule has 1 saturated heterocycles. The Bertz CT molecular complexity index is 275. The van der Waals surface area contributed by atoms with Crippen LogP contribution in [-0.4, -0.2) is 57.5 Å². The maximum Gasteiger partial charge on any atom is 0.318 e. The summed E-state index contributed by atoms with van der Waals surface area (Å²) in [5.41, 5.74) is 0. The standard InChI is InChI=1S/C12H20N2O3/c1-3-5-13-12(15)14-6-4-11(9-14)10-17-8-7-16-2/h1,11H,4-10H2,2H3,(H,13,15)/t11-/m0/s1. The van der Waals surface area contributed by atoms with Crippen molar-refractivity contribution in [2.45, 2.75) is 6.42 Å². The summed E-state index contributed by atoms with van der Waals surface area (Å²) in [6.45, 7) is 3.69. The summed E-state index contributed by atoms with van der Waals surface area (Å²) in [6.07, 6.45) is 6.06. The molecule has 1 rings (SSSR count). The van der Waals surface area contributed by atoms with Gasteiger partial charge in [-0.25, -0.2) is 4.79 Å². The van der Waals surface area contributed by atoms with Crippen molar-refractivity contribution in [1.82, 2.24) is 10.2 Å². The van der Waals surface area contributed by atoms with Gasteiger partial charge in [0.1, 0.15) is 0 Å². The van der Waals surface area contributed by atoms with Gasteiger partial charge in [0.2, 0.25) is 0 Å². The number of amides is 2. The van der Waals surface area contributed by atoms with Gasteiger partial charge in [-0.1, -0.05) is 5.92 Å². The van der Waals surface area contributed by atoms with Crippen LogP contribution in [0.3, 0.4) is 0 Å². The van der Waals surface area contributed by atoms with Crippen molar-refractivity contribution < 1.29 is 14.3 Å². The Morgan fingerprint density at radius 3 is 3.12 bits per heavy atom. The molecule has 0 aliphatic carbocycles. The first-order valence-corrected chi connectivity index (χ1v) is 5.80. The van der Waals surface area contributed by atoms with Crippen molar-refractivity contribution in [3.63, 3.8) is 0 Å². The third kappa shape index (κ3) is 5.07. The van der Waals surface area contributed by atoms with Gasteiger partial charge < -0.3 is 19.7 Å². The average Bonchev–Trinajstić information content (AvgIpc) is 2.80. The van der Waals surface area contributed by atoms with Crippen molar-refractivity contribution in [3.8, 4) is 12.3 Å². The van der Waals surface area contributed by atoms with E-state index in [2.05, 4.69) is 11.2 Å². The first-order valence-electron chi connectivity index (χ1n) is 5.80. The van der Waals surface area contributed by atoms with Gasteiger partial charge in [0.25, 0.3) is 0 Å². The van der Waals surface area contributed by atoms with Crippen LogP contribution in [0.2, 0.25) is 0 Å². The zero-order valence-corrected chi connectivity index (χ0v) is 10.3. The second kappa shape index (κ2) is 7.93. The number of carbonyl (C=O) groups excluding carboxylic acids is 1. The molecule has 1 N–H and O–H groups in total. The molecule has 0 aromatic heterocycles. The molecule has 0 bridgehead atoms. The topological polar surface area (TPSA) is 50.8 Å². The Labute approximate surface area is 102 Å². The summed E-state index contributed by atoms with van der Waals surface area (Å²) in [4.78, 5) is 13.4. The van der Waals surface area contributed by atoms with Gasteiger partial charge in [0.15, 0.2) is 0 Å². The lowest BCUT2D eigenvalue weighted by molar-refractivity contribution is 0.0532. The number of carbonyl (C=O) groups is 1. The Morgan fingerprint density at radius 2 is 2.41 bits per heavy atom. The highest BCUT2D eigenvalue weighted by Gasteiger charge is 2.25. The number of methoxy groups -OCH3 is 1. The van der Waals surface area contributed by atoms with Crippen LogP contribution in [0.5, 0.6) is 0 Å². The molecule has 0 aromatic rings. The molecule has 1 aliphatic rings. The summed E-state index contributed by atoms with van der Waals surface area (Å²) in [5.74, 6) is 2.80. The van der Waals surface area contributed by atoms with Crippen LogP contribution in [0.4, 0.5) is 4.79 Å². The zero-order valence-electron chi connectivity index (χ0n) is 10.3. The lowest BCUT2D eigenvalue weighted by atomic mass is 10.1. The molecule has 5 heteroatoms. The van der Waals surface area contributed by atoms with E-state index in [9.17, 15) is 4.79 Å².